The van der Waals surface area contributed by atoms with Crippen molar-refractivity contribution in [3.05, 3.63) is 34.9 Å². The Hall–Kier alpha value is -0.900. The lowest BCUT2D eigenvalue weighted by atomic mass is 9.96. The van der Waals surface area contributed by atoms with Crippen LogP contribution in [0.4, 0.5) is 0 Å². The van der Waals surface area contributed by atoms with Gasteiger partial charge in [-0.3, -0.25) is 4.90 Å². The molecule has 0 fully saturated rings. The van der Waals surface area contributed by atoms with Gasteiger partial charge in [0.25, 0.3) is 0 Å². The Balaban J connectivity index is 2.86. The van der Waals surface area contributed by atoms with Crippen molar-refractivity contribution in [2.24, 2.45) is 5.92 Å². The first-order chi connectivity index (χ1) is 9.06. The minimum Gasteiger partial charge on any atom is -0.395 e. The minimum absolute atomic E-state index is 0.130. The van der Waals surface area contributed by atoms with Gasteiger partial charge in [-0.25, -0.2) is 0 Å². The standard InChI is InChI=1S/C16H27NO2/c1-13(2)10-15-5-4-14(3)11-16(15)12-17(6-8-18)7-9-19/h4-5,11,13,18-19H,6-10,12H2,1-3H3. The van der Waals surface area contributed by atoms with Gasteiger partial charge in [-0.05, 0) is 30.4 Å². The highest BCUT2D eigenvalue weighted by Crippen LogP contribution is 2.18. The molecule has 1 aromatic rings. The summed E-state index contributed by atoms with van der Waals surface area (Å²) in [6.45, 7) is 8.82. The van der Waals surface area contributed by atoms with E-state index in [1.54, 1.807) is 0 Å². The second kappa shape index (κ2) is 8.31. The molecule has 0 aliphatic carbocycles. The van der Waals surface area contributed by atoms with E-state index in [-0.39, 0.29) is 13.2 Å². The van der Waals surface area contributed by atoms with Crippen molar-refractivity contribution in [3.63, 3.8) is 0 Å². The number of aliphatic hydroxyl groups is 2. The number of hydrogen-bond donors (Lipinski definition) is 2. The van der Waals surface area contributed by atoms with Crippen LogP contribution in [0.5, 0.6) is 0 Å². The molecule has 0 spiro atoms. The van der Waals surface area contributed by atoms with Crippen LogP contribution in [0.3, 0.4) is 0 Å². The first kappa shape index (κ1) is 16.2. The third-order valence-corrected chi connectivity index (χ3v) is 3.22. The quantitative estimate of drug-likeness (QED) is 0.755. The molecule has 2 N–H and O–H groups in total. The van der Waals surface area contributed by atoms with Crippen LogP contribution in [-0.2, 0) is 13.0 Å². The number of hydrogen-bond acceptors (Lipinski definition) is 3. The highest BCUT2D eigenvalue weighted by atomic mass is 16.3. The molecule has 1 rings (SSSR count). The number of benzene rings is 1. The largest absolute Gasteiger partial charge is 0.395 e. The highest BCUT2D eigenvalue weighted by Gasteiger charge is 2.10. The monoisotopic (exact) mass is 265 g/mol. The van der Waals surface area contributed by atoms with Crippen molar-refractivity contribution in [2.75, 3.05) is 26.3 Å². The van der Waals surface area contributed by atoms with Crippen molar-refractivity contribution in [2.45, 2.75) is 33.7 Å². The molecule has 0 heterocycles. The van der Waals surface area contributed by atoms with Gasteiger partial charge in [0.05, 0.1) is 13.2 Å². The molecular weight excluding hydrogens is 238 g/mol. The Kier molecular flexibility index (Phi) is 7.06. The van der Waals surface area contributed by atoms with Gasteiger partial charge in [-0.1, -0.05) is 37.6 Å². The van der Waals surface area contributed by atoms with Crippen LogP contribution < -0.4 is 0 Å². The fourth-order valence-electron chi connectivity index (χ4n) is 2.33. The van der Waals surface area contributed by atoms with Gasteiger partial charge in [0.15, 0.2) is 0 Å². The summed E-state index contributed by atoms with van der Waals surface area (Å²) in [7, 11) is 0. The van der Waals surface area contributed by atoms with Gasteiger partial charge in [0.1, 0.15) is 0 Å². The predicted molar refractivity (Wildman–Crippen MR) is 79.2 cm³/mol. The highest BCUT2D eigenvalue weighted by molar-refractivity contribution is 5.32. The van der Waals surface area contributed by atoms with Crippen molar-refractivity contribution in [3.8, 4) is 0 Å². The number of nitrogens with zero attached hydrogens (tertiary/aromatic N) is 1. The molecule has 3 nitrogen and oxygen atoms in total. The average molecular weight is 265 g/mol. The SMILES string of the molecule is Cc1ccc(CC(C)C)c(CN(CCO)CCO)c1. The van der Waals surface area contributed by atoms with Crippen molar-refractivity contribution < 1.29 is 10.2 Å². The normalized spacial score (nSPS) is 11.5. The first-order valence-corrected chi connectivity index (χ1v) is 7.09. The zero-order chi connectivity index (χ0) is 14.3. The molecule has 0 bridgehead atoms. The Bertz CT molecular complexity index is 371. The van der Waals surface area contributed by atoms with Crippen LogP contribution in [0.25, 0.3) is 0 Å². The smallest absolute Gasteiger partial charge is 0.0558 e. The maximum absolute atomic E-state index is 9.09. The predicted octanol–water partition coefficient (Wildman–Crippen LogP) is 1.98. The molecule has 3 heteroatoms. The lowest BCUT2D eigenvalue weighted by molar-refractivity contribution is 0.155. The lowest BCUT2D eigenvalue weighted by Crippen LogP contribution is -2.29. The molecular formula is C16H27NO2. The van der Waals surface area contributed by atoms with E-state index in [0.717, 1.165) is 13.0 Å². The minimum atomic E-state index is 0.130. The van der Waals surface area contributed by atoms with Crippen molar-refractivity contribution in [1.82, 2.24) is 4.90 Å². The molecule has 0 saturated heterocycles. The van der Waals surface area contributed by atoms with Crippen molar-refractivity contribution in [1.29, 1.82) is 0 Å². The Morgan fingerprint density at radius 1 is 1.05 bits per heavy atom. The Morgan fingerprint density at radius 2 is 1.68 bits per heavy atom. The van der Waals surface area contributed by atoms with Gasteiger partial charge >= 0.3 is 0 Å². The van der Waals surface area contributed by atoms with Crippen LogP contribution in [0.1, 0.15) is 30.5 Å². The lowest BCUT2D eigenvalue weighted by Gasteiger charge is -2.22. The van der Waals surface area contributed by atoms with E-state index in [0.29, 0.717) is 19.0 Å². The molecule has 108 valence electrons. The summed E-state index contributed by atoms with van der Waals surface area (Å²) < 4.78 is 0. The second-order valence-corrected chi connectivity index (χ2v) is 5.59. The van der Waals surface area contributed by atoms with E-state index in [2.05, 4.69) is 43.9 Å². The first-order valence-electron chi connectivity index (χ1n) is 7.09. The third kappa shape index (κ3) is 5.72. The van der Waals surface area contributed by atoms with Crippen LogP contribution in [-0.4, -0.2) is 41.4 Å². The number of aryl methyl sites for hydroxylation is 1. The molecule has 1 aromatic carbocycles. The van der Waals surface area contributed by atoms with Crippen LogP contribution in [0.15, 0.2) is 18.2 Å². The van der Waals surface area contributed by atoms with Crippen LogP contribution in [0.2, 0.25) is 0 Å². The summed E-state index contributed by atoms with van der Waals surface area (Å²) in [6, 6.07) is 6.59. The molecule has 0 radical (unpaired) electrons. The van der Waals surface area contributed by atoms with E-state index >= 15 is 0 Å². The van der Waals surface area contributed by atoms with E-state index < -0.39 is 0 Å². The molecule has 0 aliphatic rings. The zero-order valence-electron chi connectivity index (χ0n) is 12.4. The Labute approximate surface area is 116 Å². The molecule has 0 amide bonds. The summed E-state index contributed by atoms with van der Waals surface area (Å²) >= 11 is 0. The average Bonchev–Trinajstić information content (AvgIpc) is 2.33. The van der Waals surface area contributed by atoms with Gasteiger partial charge in [0, 0.05) is 19.6 Å². The summed E-state index contributed by atoms with van der Waals surface area (Å²) in [6.07, 6.45) is 1.07. The van der Waals surface area contributed by atoms with Gasteiger partial charge < -0.3 is 10.2 Å². The molecule has 19 heavy (non-hydrogen) atoms. The van der Waals surface area contributed by atoms with E-state index in [1.807, 2.05) is 0 Å². The van der Waals surface area contributed by atoms with Crippen molar-refractivity contribution >= 4 is 0 Å². The maximum Gasteiger partial charge on any atom is 0.0558 e. The Morgan fingerprint density at radius 3 is 2.21 bits per heavy atom. The summed E-state index contributed by atoms with van der Waals surface area (Å²) in [4.78, 5) is 2.10. The topological polar surface area (TPSA) is 43.7 Å². The van der Waals surface area contributed by atoms with Crippen LogP contribution >= 0.6 is 0 Å². The third-order valence-electron chi connectivity index (χ3n) is 3.22. The van der Waals surface area contributed by atoms with E-state index in [9.17, 15) is 0 Å². The fraction of sp³-hybridized carbons (Fsp3) is 0.625. The zero-order valence-corrected chi connectivity index (χ0v) is 12.4. The molecule has 0 unspecified atom stereocenters. The second-order valence-electron chi connectivity index (χ2n) is 5.59. The van der Waals surface area contributed by atoms with E-state index in [4.69, 9.17) is 10.2 Å². The molecule has 0 saturated carbocycles. The van der Waals surface area contributed by atoms with Gasteiger partial charge in [0.2, 0.25) is 0 Å². The summed E-state index contributed by atoms with van der Waals surface area (Å²) in [5, 5.41) is 18.2. The van der Waals surface area contributed by atoms with Gasteiger partial charge in [-0.15, -0.1) is 0 Å². The maximum atomic E-state index is 9.09. The molecule has 0 atom stereocenters. The number of rotatable bonds is 8. The summed E-state index contributed by atoms with van der Waals surface area (Å²) in [5.41, 5.74) is 3.95. The van der Waals surface area contributed by atoms with Gasteiger partial charge in [-0.2, -0.15) is 0 Å². The fourth-order valence-corrected chi connectivity index (χ4v) is 2.33. The van der Waals surface area contributed by atoms with Crippen LogP contribution in [0, 0.1) is 12.8 Å². The summed E-state index contributed by atoms with van der Waals surface area (Å²) in [5.74, 6) is 0.630. The molecule has 0 aromatic heterocycles. The molecule has 0 aliphatic heterocycles. The number of aliphatic hydroxyl groups excluding tert-OH is 2. The van der Waals surface area contributed by atoms with E-state index in [1.165, 1.54) is 16.7 Å².